The Labute approximate surface area is 102 Å². The van der Waals surface area contributed by atoms with Crippen molar-refractivity contribution in [3.63, 3.8) is 0 Å². The minimum atomic E-state index is -0.550. The molecule has 17 heavy (non-hydrogen) atoms. The molecule has 0 aromatic heterocycles. The largest absolute Gasteiger partial charge is 0.468 e. The van der Waals surface area contributed by atoms with Gasteiger partial charge in [0.05, 0.1) is 7.11 Å². The van der Waals surface area contributed by atoms with Gasteiger partial charge in [-0.2, -0.15) is 0 Å². The molecule has 0 N–H and O–H groups in total. The fourth-order valence-electron chi connectivity index (χ4n) is 2.30. The summed E-state index contributed by atoms with van der Waals surface area (Å²) >= 11 is 0. The van der Waals surface area contributed by atoms with Gasteiger partial charge in [-0.3, -0.25) is 4.79 Å². The fraction of sp³-hybridized carbons (Fsp3) is 0.400. The van der Waals surface area contributed by atoms with E-state index in [0.29, 0.717) is 0 Å². The quantitative estimate of drug-likeness (QED) is 0.573. The highest BCUT2D eigenvalue weighted by Crippen LogP contribution is 2.50. The first kappa shape index (κ1) is 11.9. The van der Waals surface area contributed by atoms with Crippen molar-refractivity contribution in [1.29, 1.82) is 0 Å². The van der Waals surface area contributed by atoms with Gasteiger partial charge in [0.2, 0.25) is 0 Å². The molecule has 0 heterocycles. The molecule has 0 saturated heterocycles. The van der Waals surface area contributed by atoms with Gasteiger partial charge in [-0.15, -0.1) is 0 Å². The van der Waals surface area contributed by atoms with E-state index in [2.05, 4.69) is 6.92 Å². The monoisotopic (exact) mass is 230 g/mol. The van der Waals surface area contributed by atoms with E-state index in [1.54, 1.807) is 0 Å². The van der Waals surface area contributed by atoms with Gasteiger partial charge in [0.15, 0.2) is 0 Å². The van der Waals surface area contributed by atoms with Gasteiger partial charge in [-0.05, 0) is 24.0 Å². The number of rotatable bonds is 5. The molecule has 0 fully saturated rings. The first-order valence-electron chi connectivity index (χ1n) is 6.12. The lowest BCUT2D eigenvalue weighted by Gasteiger charge is -2.16. The van der Waals surface area contributed by atoms with Crippen molar-refractivity contribution in [2.45, 2.75) is 31.6 Å². The SMILES string of the molecule is CCCCC1=C[C@]1(C(=O)OC)c1ccccc1. The Balaban J connectivity index is 2.21. The van der Waals surface area contributed by atoms with Gasteiger partial charge in [0.1, 0.15) is 5.41 Å². The average molecular weight is 230 g/mol. The summed E-state index contributed by atoms with van der Waals surface area (Å²) in [7, 11) is 1.45. The van der Waals surface area contributed by atoms with Crippen molar-refractivity contribution in [1.82, 2.24) is 0 Å². The second-order valence-corrected chi connectivity index (χ2v) is 4.44. The molecule has 1 aromatic rings. The number of methoxy groups -OCH3 is 1. The zero-order chi connectivity index (χ0) is 12.3. The van der Waals surface area contributed by atoms with Crippen LogP contribution in [-0.2, 0) is 14.9 Å². The molecule has 0 radical (unpaired) electrons. The number of hydrogen-bond acceptors (Lipinski definition) is 2. The summed E-state index contributed by atoms with van der Waals surface area (Å²) in [6.07, 6.45) is 5.30. The zero-order valence-corrected chi connectivity index (χ0v) is 10.4. The van der Waals surface area contributed by atoms with Gasteiger partial charge in [0, 0.05) is 0 Å². The standard InChI is InChI=1S/C15H18O2/c1-3-4-8-13-11-15(13,14(16)17-2)12-9-6-5-7-10-12/h5-7,9-11H,3-4,8H2,1-2H3/t15-/m0/s1. The number of ether oxygens (including phenoxy) is 1. The minimum Gasteiger partial charge on any atom is -0.468 e. The van der Waals surface area contributed by atoms with Crippen LogP contribution in [0, 0.1) is 0 Å². The van der Waals surface area contributed by atoms with Crippen LogP contribution in [0.15, 0.2) is 42.0 Å². The molecular formula is C15H18O2. The predicted molar refractivity (Wildman–Crippen MR) is 67.7 cm³/mol. The van der Waals surface area contributed by atoms with Crippen LogP contribution in [0.4, 0.5) is 0 Å². The van der Waals surface area contributed by atoms with E-state index >= 15 is 0 Å². The predicted octanol–water partition coefficient (Wildman–Crippen LogP) is 3.23. The number of benzene rings is 1. The third-order valence-electron chi connectivity index (χ3n) is 3.35. The molecule has 2 rings (SSSR count). The van der Waals surface area contributed by atoms with Crippen LogP contribution in [0.1, 0.15) is 31.7 Å². The highest BCUT2D eigenvalue weighted by Gasteiger charge is 2.52. The molecule has 1 aromatic carbocycles. The molecular weight excluding hydrogens is 212 g/mol. The van der Waals surface area contributed by atoms with Crippen molar-refractivity contribution >= 4 is 5.97 Å². The Morgan fingerprint density at radius 1 is 1.29 bits per heavy atom. The summed E-state index contributed by atoms with van der Waals surface area (Å²) in [4.78, 5) is 12.0. The molecule has 90 valence electrons. The van der Waals surface area contributed by atoms with Crippen LogP contribution in [0.3, 0.4) is 0 Å². The van der Waals surface area contributed by atoms with E-state index in [1.165, 1.54) is 12.7 Å². The first-order valence-corrected chi connectivity index (χ1v) is 6.12. The van der Waals surface area contributed by atoms with E-state index in [4.69, 9.17) is 4.74 Å². The Kier molecular flexibility index (Phi) is 3.32. The van der Waals surface area contributed by atoms with Crippen molar-refractivity contribution in [3.05, 3.63) is 47.5 Å². The van der Waals surface area contributed by atoms with Crippen LogP contribution in [-0.4, -0.2) is 13.1 Å². The smallest absolute Gasteiger partial charge is 0.324 e. The first-order chi connectivity index (χ1) is 8.25. The summed E-state index contributed by atoms with van der Waals surface area (Å²) in [5, 5.41) is 0. The molecule has 1 atom stereocenters. The molecule has 0 bridgehead atoms. The van der Waals surface area contributed by atoms with Crippen molar-refractivity contribution in [2.24, 2.45) is 0 Å². The second kappa shape index (κ2) is 4.74. The number of hydrogen-bond donors (Lipinski definition) is 0. The Morgan fingerprint density at radius 2 is 2.00 bits per heavy atom. The van der Waals surface area contributed by atoms with E-state index in [1.807, 2.05) is 36.4 Å². The zero-order valence-electron chi connectivity index (χ0n) is 10.4. The maximum Gasteiger partial charge on any atom is 0.324 e. The third-order valence-corrected chi connectivity index (χ3v) is 3.35. The van der Waals surface area contributed by atoms with Crippen LogP contribution in [0.2, 0.25) is 0 Å². The van der Waals surface area contributed by atoms with Gasteiger partial charge in [-0.1, -0.05) is 49.8 Å². The minimum absolute atomic E-state index is 0.158. The molecule has 2 nitrogen and oxygen atoms in total. The summed E-state index contributed by atoms with van der Waals surface area (Å²) in [6.45, 7) is 2.16. The van der Waals surface area contributed by atoms with Crippen molar-refractivity contribution in [2.75, 3.05) is 7.11 Å². The van der Waals surface area contributed by atoms with E-state index in [0.717, 1.165) is 24.8 Å². The maximum atomic E-state index is 12.0. The van der Waals surface area contributed by atoms with Crippen molar-refractivity contribution < 1.29 is 9.53 Å². The third kappa shape index (κ3) is 1.99. The van der Waals surface area contributed by atoms with E-state index in [-0.39, 0.29) is 5.97 Å². The van der Waals surface area contributed by atoms with Crippen molar-refractivity contribution in [3.8, 4) is 0 Å². The lowest BCUT2D eigenvalue weighted by molar-refractivity contribution is -0.143. The Morgan fingerprint density at radius 3 is 2.59 bits per heavy atom. The number of carbonyl (C=O) groups is 1. The summed E-state index contributed by atoms with van der Waals surface area (Å²) in [5.41, 5.74) is 1.68. The highest BCUT2D eigenvalue weighted by molar-refractivity contribution is 5.96. The Hall–Kier alpha value is -1.57. The van der Waals surface area contributed by atoms with Crippen LogP contribution in [0.5, 0.6) is 0 Å². The molecule has 2 heteroatoms. The van der Waals surface area contributed by atoms with Crippen LogP contribution >= 0.6 is 0 Å². The summed E-state index contributed by atoms with van der Waals surface area (Å²) in [6, 6.07) is 9.87. The number of unbranched alkanes of at least 4 members (excludes halogenated alkanes) is 1. The molecule has 0 unspecified atom stereocenters. The average Bonchev–Trinajstić information content (AvgIpc) is 3.12. The molecule has 0 aliphatic heterocycles. The molecule has 1 aliphatic carbocycles. The highest BCUT2D eigenvalue weighted by atomic mass is 16.5. The lowest BCUT2D eigenvalue weighted by atomic mass is 9.89. The lowest BCUT2D eigenvalue weighted by Crippen LogP contribution is -2.25. The summed E-state index contributed by atoms with van der Waals surface area (Å²) < 4.78 is 4.95. The molecule has 1 aliphatic rings. The fourth-order valence-corrected chi connectivity index (χ4v) is 2.30. The number of carbonyl (C=O) groups excluding carboxylic acids is 1. The second-order valence-electron chi connectivity index (χ2n) is 4.44. The van der Waals surface area contributed by atoms with Gasteiger partial charge in [0.25, 0.3) is 0 Å². The summed E-state index contributed by atoms with van der Waals surface area (Å²) in [5.74, 6) is -0.158. The molecule has 0 spiro atoms. The maximum absolute atomic E-state index is 12.0. The van der Waals surface area contributed by atoms with Crippen LogP contribution in [0.25, 0.3) is 0 Å². The van der Waals surface area contributed by atoms with E-state index in [9.17, 15) is 4.79 Å². The number of esters is 1. The van der Waals surface area contributed by atoms with Gasteiger partial charge >= 0.3 is 5.97 Å². The van der Waals surface area contributed by atoms with Gasteiger partial charge in [-0.25, -0.2) is 0 Å². The molecule has 0 amide bonds. The van der Waals surface area contributed by atoms with Gasteiger partial charge < -0.3 is 4.74 Å². The Bertz CT molecular complexity index is 433. The normalized spacial score (nSPS) is 21.9. The van der Waals surface area contributed by atoms with Crippen LogP contribution < -0.4 is 0 Å². The topological polar surface area (TPSA) is 26.3 Å². The molecule has 0 saturated carbocycles. The van der Waals surface area contributed by atoms with E-state index < -0.39 is 5.41 Å².